The summed E-state index contributed by atoms with van der Waals surface area (Å²) < 4.78 is 13.1. The van der Waals surface area contributed by atoms with Gasteiger partial charge in [0.1, 0.15) is 5.82 Å². The zero-order valence-corrected chi connectivity index (χ0v) is 12.2. The number of likely N-dealkylation sites (N-methyl/N-ethyl adjacent to an activating group) is 1. The molecule has 1 aromatic rings. The van der Waals surface area contributed by atoms with Crippen LogP contribution < -0.4 is 11.1 Å². The number of carbonyl (C=O) groups is 1. The third-order valence-electron chi connectivity index (χ3n) is 4.10. The van der Waals surface area contributed by atoms with Crippen molar-refractivity contribution in [3.63, 3.8) is 0 Å². The van der Waals surface area contributed by atoms with Gasteiger partial charge in [0.15, 0.2) is 0 Å². The average molecular weight is 279 g/mol. The molecule has 1 aliphatic rings. The van der Waals surface area contributed by atoms with Crippen molar-refractivity contribution < 1.29 is 9.18 Å². The van der Waals surface area contributed by atoms with Crippen LogP contribution in [0.15, 0.2) is 18.2 Å². The third kappa shape index (κ3) is 3.48. The number of amides is 1. The number of nitrogens with zero attached hydrogens (tertiary/aromatic N) is 1. The Bertz CT molecular complexity index is 506. The summed E-state index contributed by atoms with van der Waals surface area (Å²) in [6, 6.07) is 3.97. The predicted molar refractivity (Wildman–Crippen MR) is 78.8 cm³/mol. The second-order valence-corrected chi connectivity index (χ2v) is 5.81. The number of nitrogens with one attached hydrogen (secondary N) is 1. The summed E-state index contributed by atoms with van der Waals surface area (Å²) in [6.07, 6.45) is 1.24. The Morgan fingerprint density at radius 2 is 2.25 bits per heavy atom. The van der Waals surface area contributed by atoms with E-state index < -0.39 is 5.82 Å². The fourth-order valence-electron chi connectivity index (χ4n) is 2.25. The smallest absolute Gasteiger partial charge is 0.241 e. The van der Waals surface area contributed by atoms with Crippen molar-refractivity contribution >= 4 is 17.3 Å². The molecule has 1 amide bonds. The van der Waals surface area contributed by atoms with Crippen molar-refractivity contribution in [1.29, 1.82) is 0 Å². The maximum Gasteiger partial charge on any atom is 0.241 e. The maximum atomic E-state index is 13.1. The quantitative estimate of drug-likeness (QED) is 0.813. The lowest BCUT2D eigenvalue weighted by Crippen LogP contribution is -2.40. The molecule has 20 heavy (non-hydrogen) atoms. The summed E-state index contributed by atoms with van der Waals surface area (Å²) in [5.74, 6) is 0.893. The number of halogens is 1. The molecule has 0 heterocycles. The monoisotopic (exact) mass is 279 g/mol. The number of hydrogen-bond acceptors (Lipinski definition) is 3. The van der Waals surface area contributed by atoms with Crippen LogP contribution in [0.3, 0.4) is 0 Å². The summed E-state index contributed by atoms with van der Waals surface area (Å²) in [7, 11) is 1.95. The van der Waals surface area contributed by atoms with E-state index in [1.54, 1.807) is 0 Å². The van der Waals surface area contributed by atoms with Crippen LogP contribution in [0.1, 0.15) is 20.3 Å². The number of rotatable bonds is 5. The normalized spacial score (nSPS) is 22.6. The van der Waals surface area contributed by atoms with Crippen LogP contribution in [0.5, 0.6) is 0 Å². The van der Waals surface area contributed by atoms with Gasteiger partial charge in [-0.05, 0) is 50.4 Å². The third-order valence-corrected chi connectivity index (χ3v) is 4.10. The number of nitrogen functional groups attached to an aromatic ring is 1. The summed E-state index contributed by atoms with van der Waals surface area (Å²) in [6.45, 7) is 5.03. The van der Waals surface area contributed by atoms with Crippen LogP contribution in [-0.2, 0) is 4.79 Å². The lowest BCUT2D eigenvalue weighted by molar-refractivity contribution is -0.120. The Kier molecular flexibility index (Phi) is 4.28. The number of benzene rings is 1. The fraction of sp³-hybridized carbons (Fsp3) is 0.533. The predicted octanol–water partition coefficient (Wildman–Crippen LogP) is 2.32. The molecule has 5 heteroatoms. The second kappa shape index (κ2) is 5.79. The van der Waals surface area contributed by atoms with E-state index in [-0.39, 0.29) is 17.6 Å². The summed E-state index contributed by atoms with van der Waals surface area (Å²) in [5, 5.41) is 2.77. The van der Waals surface area contributed by atoms with E-state index in [1.165, 1.54) is 24.6 Å². The van der Waals surface area contributed by atoms with Gasteiger partial charge in [0.25, 0.3) is 0 Å². The largest absolute Gasteiger partial charge is 0.396 e. The molecule has 0 aromatic heterocycles. The van der Waals surface area contributed by atoms with Crippen molar-refractivity contribution in [2.45, 2.75) is 26.3 Å². The Hall–Kier alpha value is -1.62. The molecular formula is C15H22FN3O. The number of hydrogen-bond donors (Lipinski definition) is 2. The molecule has 0 bridgehead atoms. The molecule has 2 rings (SSSR count). The fourth-order valence-corrected chi connectivity index (χ4v) is 2.25. The van der Waals surface area contributed by atoms with Crippen LogP contribution in [0.2, 0.25) is 0 Å². The summed E-state index contributed by atoms with van der Waals surface area (Å²) in [5.41, 5.74) is 6.04. The lowest BCUT2D eigenvalue weighted by Gasteiger charge is -2.24. The number of anilines is 2. The molecule has 3 N–H and O–H groups in total. The van der Waals surface area contributed by atoms with Crippen LogP contribution in [0.25, 0.3) is 0 Å². The first kappa shape index (κ1) is 14.8. The molecule has 3 atom stereocenters. The molecular weight excluding hydrogens is 257 g/mol. The standard InChI is InChI=1S/C15H22FN3O/c1-9-6-11(9)8-19(3)10(2)15(20)18-12-4-5-13(16)14(17)7-12/h4-5,7,9-11H,6,8,17H2,1-3H3,(H,18,20). The Labute approximate surface area is 119 Å². The summed E-state index contributed by atoms with van der Waals surface area (Å²) in [4.78, 5) is 14.2. The first-order valence-corrected chi connectivity index (χ1v) is 6.94. The van der Waals surface area contributed by atoms with Gasteiger partial charge in [-0.1, -0.05) is 6.92 Å². The van der Waals surface area contributed by atoms with Gasteiger partial charge in [0, 0.05) is 12.2 Å². The molecule has 4 nitrogen and oxygen atoms in total. The van der Waals surface area contributed by atoms with Gasteiger partial charge < -0.3 is 11.1 Å². The zero-order chi connectivity index (χ0) is 14.9. The van der Waals surface area contributed by atoms with E-state index in [9.17, 15) is 9.18 Å². The minimum atomic E-state index is -0.476. The molecule has 1 saturated carbocycles. The molecule has 0 saturated heterocycles. The van der Waals surface area contributed by atoms with Gasteiger partial charge in [0.05, 0.1) is 11.7 Å². The highest BCUT2D eigenvalue weighted by Gasteiger charge is 2.34. The molecule has 110 valence electrons. The topological polar surface area (TPSA) is 58.4 Å². The van der Waals surface area contributed by atoms with Crippen LogP contribution in [0.4, 0.5) is 15.8 Å². The molecule has 0 radical (unpaired) electrons. The van der Waals surface area contributed by atoms with Gasteiger partial charge >= 0.3 is 0 Å². The first-order valence-electron chi connectivity index (χ1n) is 6.94. The van der Waals surface area contributed by atoms with Gasteiger partial charge in [-0.15, -0.1) is 0 Å². The SMILES string of the molecule is CC1CC1CN(C)C(C)C(=O)Nc1ccc(F)c(N)c1. The zero-order valence-electron chi connectivity index (χ0n) is 12.2. The van der Waals surface area contributed by atoms with E-state index in [4.69, 9.17) is 5.73 Å². The van der Waals surface area contributed by atoms with Crippen LogP contribution in [0, 0.1) is 17.7 Å². The molecule has 1 aliphatic carbocycles. The van der Waals surface area contributed by atoms with Crippen molar-refractivity contribution in [2.75, 3.05) is 24.6 Å². The van der Waals surface area contributed by atoms with Gasteiger partial charge in [-0.25, -0.2) is 4.39 Å². The van der Waals surface area contributed by atoms with Crippen LogP contribution >= 0.6 is 0 Å². The van der Waals surface area contributed by atoms with Crippen molar-refractivity contribution in [3.05, 3.63) is 24.0 Å². The van der Waals surface area contributed by atoms with Crippen molar-refractivity contribution in [3.8, 4) is 0 Å². The maximum absolute atomic E-state index is 13.1. The molecule has 0 aliphatic heterocycles. The van der Waals surface area contributed by atoms with E-state index in [1.807, 2.05) is 14.0 Å². The Balaban J connectivity index is 1.91. The van der Waals surface area contributed by atoms with E-state index in [2.05, 4.69) is 17.1 Å². The minimum absolute atomic E-state index is 0.0376. The highest BCUT2D eigenvalue weighted by molar-refractivity contribution is 5.94. The van der Waals surface area contributed by atoms with Crippen molar-refractivity contribution in [2.24, 2.45) is 11.8 Å². The van der Waals surface area contributed by atoms with E-state index >= 15 is 0 Å². The Morgan fingerprint density at radius 1 is 1.60 bits per heavy atom. The van der Waals surface area contributed by atoms with E-state index in [0.29, 0.717) is 11.6 Å². The Morgan fingerprint density at radius 3 is 2.80 bits per heavy atom. The van der Waals surface area contributed by atoms with E-state index in [0.717, 1.165) is 12.5 Å². The highest BCUT2D eigenvalue weighted by Crippen LogP contribution is 2.38. The van der Waals surface area contributed by atoms with Crippen LogP contribution in [-0.4, -0.2) is 30.4 Å². The summed E-state index contributed by atoms with van der Waals surface area (Å²) >= 11 is 0. The second-order valence-electron chi connectivity index (χ2n) is 5.81. The number of carbonyl (C=O) groups excluding carboxylic acids is 1. The van der Waals surface area contributed by atoms with Gasteiger partial charge in [-0.2, -0.15) is 0 Å². The van der Waals surface area contributed by atoms with Crippen molar-refractivity contribution in [1.82, 2.24) is 4.90 Å². The lowest BCUT2D eigenvalue weighted by atomic mass is 10.2. The highest BCUT2D eigenvalue weighted by atomic mass is 19.1. The van der Waals surface area contributed by atoms with Gasteiger partial charge in [0.2, 0.25) is 5.91 Å². The minimum Gasteiger partial charge on any atom is -0.396 e. The molecule has 1 fully saturated rings. The molecule has 3 unspecified atom stereocenters. The number of nitrogens with two attached hydrogens (primary N) is 1. The molecule has 1 aromatic carbocycles. The van der Waals surface area contributed by atoms with Gasteiger partial charge in [-0.3, -0.25) is 9.69 Å². The average Bonchev–Trinajstić information content (AvgIpc) is 3.08. The first-order chi connectivity index (χ1) is 9.38. The molecule has 0 spiro atoms.